The molecule has 1 atom stereocenters. The molecule has 0 bridgehead atoms. The van der Waals surface area contributed by atoms with Crippen molar-refractivity contribution < 1.29 is 29.4 Å². The van der Waals surface area contributed by atoms with Crippen LogP contribution < -0.4 is 32.7 Å². The lowest BCUT2D eigenvalue weighted by Crippen LogP contribution is -2.41. The number of primary amides is 1. The summed E-state index contributed by atoms with van der Waals surface area (Å²) in [4.78, 5) is 50.0. The Hall–Kier alpha value is -4.55. The highest BCUT2D eigenvalue weighted by molar-refractivity contribution is 6.00. The van der Waals surface area contributed by atoms with E-state index in [4.69, 9.17) is 21.7 Å². The van der Waals surface area contributed by atoms with E-state index < -0.39 is 29.8 Å². The van der Waals surface area contributed by atoms with Gasteiger partial charge in [-0.3, -0.25) is 14.4 Å². The third-order valence-electron chi connectivity index (χ3n) is 4.39. The fraction of sp³-hybridized carbons (Fsp3) is 0.250. The van der Waals surface area contributed by atoms with Crippen molar-refractivity contribution in [1.82, 2.24) is 16.0 Å². The van der Waals surface area contributed by atoms with Gasteiger partial charge in [-0.1, -0.05) is 6.58 Å². The summed E-state index contributed by atoms with van der Waals surface area (Å²) < 4.78 is 0. The topological polar surface area (TPSA) is 221 Å². The van der Waals surface area contributed by atoms with E-state index in [1.54, 1.807) is 12.1 Å². The number of aliphatic carboxylic acids is 2. The first-order valence-electron chi connectivity index (χ1n) is 9.72. The van der Waals surface area contributed by atoms with Crippen LogP contribution in [-0.2, 0) is 14.4 Å². The molecule has 1 heterocycles. The van der Waals surface area contributed by atoms with Crippen molar-refractivity contribution in [2.24, 2.45) is 16.5 Å². The second kappa shape index (κ2) is 11.2. The van der Waals surface area contributed by atoms with E-state index in [1.165, 1.54) is 12.1 Å². The van der Waals surface area contributed by atoms with Crippen molar-refractivity contribution in [2.45, 2.75) is 18.9 Å². The van der Waals surface area contributed by atoms with Crippen LogP contribution in [0.25, 0.3) is 0 Å². The zero-order valence-corrected chi connectivity index (χ0v) is 17.6. The molecule has 176 valence electrons. The number of carbonyl (C=O) groups is 4. The number of aliphatic imine (C=N–C) groups is 1. The SMILES string of the molecule is C=C(N)NC1=C(C(N)=O)N=C(CNc2ccc(C(=O)NC(CCC(=O)O)C(=O)O)cc2)CN1. The minimum Gasteiger partial charge on any atom is -0.481 e. The molecule has 2 rings (SSSR count). The van der Waals surface area contributed by atoms with Gasteiger partial charge in [-0.15, -0.1) is 0 Å². The molecule has 10 N–H and O–H groups in total. The number of carboxylic acids is 2. The van der Waals surface area contributed by atoms with Gasteiger partial charge in [0.1, 0.15) is 11.9 Å². The summed E-state index contributed by atoms with van der Waals surface area (Å²) in [7, 11) is 0. The fourth-order valence-electron chi connectivity index (χ4n) is 2.78. The van der Waals surface area contributed by atoms with E-state index in [1.807, 2.05) is 0 Å². The molecule has 1 aliphatic heterocycles. The number of amides is 2. The molecule has 1 aliphatic rings. The van der Waals surface area contributed by atoms with Gasteiger partial charge in [0.15, 0.2) is 5.70 Å². The van der Waals surface area contributed by atoms with Crippen LogP contribution in [0.5, 0.6) is 0 Å². The number of hydrogen-bond donors (Lipinski definition) is 8. The molecule has 33 heavy (non-hydrogen) atoms. The fourth-order valence-corrected chi connectivity index (χ4v) is 2.78. The van der Waals surface area contributed by atoms with Crippen LogP contribution in [0.3, 0.4) is 0 Å². The molecule has 0 saturated heterocycles. The molecule has 0 fully saturated rings. The van der Waals surface area contributed by atoms with Gasteiger partial charge >= 0.3 is 11.9 Å². The third kappa shape index (κ3) is 7.57. The Bertz CT molecular complexity index is 1020. The molecule has 0 saturated carbocycles. The average Bonchev–Trinajstić information content (AvgIpc) is 2.75. The lowest BCUT2D eigenvalue weighted by Gasteiger charge is -2.21. The molecule has 1 unspecified atom stereocenters. The van der Waals surface area contributed by atoms with Gasteiger partial charge in [-0.25, -0.2) is 9.79 Å². The van der Waals surface area contributed by atoms with Gasteiger partial charge in [0.25, 0.3) is 11.8 Å². The molecule has 1 aromatic carbocycles. The maximum atomic E-state index is 12.3. The normalized spacial score (nSPS) is 13.8. The lowest BCUT2D eigenvalue weighted by molar-refractivity contribution is -0.140. The molecular weight excluding hydrogens is 434 g/mol. The molecule has 0 spiro atoms. The summed E-state index contributed by atoms with van der Waals surface area (Å²) in [5, 5.41) is 28.9. The van der Waals surface area contributed by atoms with E-state index >= 15 is 0 Å². The van der Waals surface area contributed by atoms with Crippen LogP contribution in [0.4, 0.5) is 5.69 Å². The number of carbonyl (C=O) groups excluding carboxylic acids is 2. The molecule has 2 amide bonds. The predicted molar refractivity (Wildman–Crippen MR) is 119 cm³/mol. The number of hydrogen-bond acceptors (Lipinski definition) is 9. The summed E-state index contributed by atoms with van der Waals surface area (Å²) in [6.07, 6.45) is -0.616. The van der Waals surface area contributed by atoms with Crippen LogP contribution in [0.15, 0.2) is 53.2 Å². The van der Waals surface area contributed by atoms with Crippen LogP contribution in [0.2, 0.25) is 0 Å². The van der Waals surface area contributed by atoms with Crippen molar-refractivity contribution in [3.8, 4) is 0 Å². The Morgan fingerprint density at radius 3 is 2.36 bits per heavy atom. The number of nitrogens with zero attached hydrogens (tertiary/aromatic N) is 1. The largest absolute Gasteiger partial charge is 0.481 e. The number of nitrogens with two attached hydrogens (primary N) is 2. The van der Waals surface area contributed by atoms with Crippen molar-refractivity contribution in [3.63, 3.8) is 0 Å². The van der Waals surface area contributed by atoms with Crippen LogP contribution in [0, 0.1) is 0 Å². The van der Waals surface area contributed by atoms with Crippen LogP contribution in [-0.4, -0.2) is 58.8 Å². The van der Waals surface area contributed by atoms with Crippen molar-refractivity contribution in [3.05, 3.63) is 53.7 Å². The molecule has 1 aromatic rings. The summed E-state index contributed by atoms with van der Waals surface area (Å²) in [5.74, 6) is -3.48. The second-order valence-electron chi connectivity index (χ2n) is 7.00. The quantitative estimate of drug-likeness (QED) is 0.188. The zero-order valence-electron chi connectivity index (χ0n) is 17.6. The second-order valence-corrected chi connectivity index (χ2v) is 7.00. The third-order valence-corrected chi connectivity index (χ3v) is 4.39. The summed E-state index contributed by atoms with van der Waals surface area (Å²) in [5.41, 5.74) is 12.2. The van der Waals surface area contributed by atoms with Gasteiger partial charge in [0.05, 0.1) is 24.6 Å². The minimum absolute atomic E-state index is 0.0208. The monoisotopic (exact) mass is 459 g/mol. The molecule has 0 radical (unpaired) electrons. The Labute approximate surface area is 188 Å². The molecule has 0 aliphatic carbocycles. The maximum Gasteiger partial charge on any atom is 0.326 e. The molecule has 13 nitrogen and oxygen atoms in total. The Morgan fingerprint density at radius 2 is 1.82 bits per heavy atom. The highest BCUT2D eigenvalue weighted by Gasteiger charge is 2.22. The van der Waals surface area contributed by atoms with Crippen LogP contribution >= 0.6 is 0 Å². The van der Waals surface area contributed by atoms with Crippen molar-refractivity contribution >= 4 is 35.2 Å². The van der Waals surface area contributed by atoms with E-state index in [9.17, 15) is 19.2 Å². The van der Waals surface area contributed by atoms with Crippen molar-refractivity contribution in [2.75, 3.05) is 18.4 Å². The highest BCUT2D eigenvalue weighted by Crippen LogP contribution is 2.12. The van der Waals surface area contributed by atoms with E-state index in [-0.39, 0.29) is 42.3 Å². The number of carboxylic acid groups (broad SMARTS) is 2. The van der Waals surface area contributed by atoms with Gasteiger partial charge in [0, 0.05) is 17.7 Å². The first-order valence-corrected chi connectivity index (χ1v) is 9.72. The number of nitrogens with one attached hydrogen (secondary N) is 4. The Kier molecular flexibility index (Phi) is 8.37. The zero-order chi connectivity index (χ0) is 24.5. The maximum absolute atomic E-state index is 12.3. The smallest absolute Gasteiger partial charge is 0.326 e. The summed E-state index contributed by atoms with van der Waals surface area (Å²) in [6.45, 7) is 4.07. The van der Waals surface area contributed by atoms with E-state index in [0.29, 0.717) is 17.9 Å². The summed E-state index contributed by atoms with van der Waals surface area (Å²) in [6, 6.07) is 4.87. The lowest BCUT2D eigenvalue weighted by atomic mass is 10.1. The minimum atomic E-state index is -1.32. The highest BCUT2D eigenvalue weighted by atomic mass is 16.4. The Balaban J connectivity index is 1.99. The van der Waals surface area contributed by atoms with Crippen molar-refractivity contribution in [1.29, 1.82) is 0 Å². The molecular formula is C20H25N7O6. The van der Waals surface area contributed by atoms with Gasteiger partial charge in [-0.05, 0) is 30.7 Å². The van der Waals surface area contributed by atoms with Gasteiger partial charge < -0.3 is 42.9 Å². The standard InChI is InChI=1S/C20H25N7O6/c1-10(21)25-18-16(17(22)30)26-13(9-24-18)8-23-12-4-2-11(3-5-12)19(31)27-14(20(32)33)6-7-15(28)29/h2-5,14,23-25H,1,6-9,21H2,(H2,22,30)(H,27,31)(H,28,29)(H,32,33). The number of rotatable bonds is 12. The average molecular weight is 459 g/mol. The Morgan fingerprint density at radius 1 is 1.15 bits per heavy atom. The summed E-state index contributed by atoms with van der Waals surface area (Å²) >= 11 is 0. The first kappa shape index (κ1) is 24.7. The van der Waals surface area contributed by atoms with Gasteiger partial charge in [-0.2, -0.15) is 0 Å². The first-order chi connectivity index (χ1) is 15.6. The molecule has 13 heteroatoms. The molecule has 0 aromatic heterocycles. The van der Waals surface area contributed by atoms with E-state index in [2.05, 4.69) is 32.8 Å². The number of benzene rings is 1. The van der Waals surface area contributed by atoms with Gasteiger partial charge in [0.2, 0.25) is 0 Å². The number of anilines is 1. The predicted octanol–water partition coefficient (Wildman–Crippen LogP) is -1.14. The van der Waals surface area contributed by atoms with E-state index in [0.717, 1.165) is 0 Å². The van der Waals surface area contributed by atoms with Crippen LogP contribution in [0.1, 0.15) is 23.2 Å².